The molecule has 1 fully saturated rings. The second kappa shape index (κ2) is 3.30. The van der Waals surface area contributed by atoms with Crippen LogP contribution in [0.2, 0.25) is 0 Å². The maximum absolute atomic E-state index is 12.1. The van der Waals surface area contributed by atoms with Gasteiger partial charge in [-0.1, -0.05) is 35.4 Å². The van der Waals surface area contributed by atoms with E-state index in [0.717, 1.165) is 0 Å². The van der Waals surface area contributed by atoms with E-state index in [9.17, 15) is 9.59 Å². The van der Waals surface area contributed by atoms with Gasteiger partial charge in [0, 0.05) is 11.8 Å². The smallest absolute Gasteiger partial charge is 0.197 e. The molecule has 0 aromatic rings. The molecule has 6 heteroatoms. The van der Waals surface area contributed by atoms with Crippen LogP contribution in [-0.2, 0) is 9.59 Å². The fourth-order valence-electron chi connectivity index (χ4n) is 3.02. The molecule has 1 saturated carbocycles. The summed E-state index contributed by atoms with van der Waals surface area (Å²) in [6, 6.07) is 0. The molecule has 0 aromatic carbocycles. The number of allylic oxidation sites excluding steroid dienone is 4. The standard InChI is InChI=1S/C11H6Cl4O2/c12-6-2-4-1-5-3-7(13)9(17)11(5,15)10(4,14)8(6)16/h2-5H,1H2/t4-,5+,10+,11-. The summed E-state index contributed by atoms with van der Waals surface area (Å²) in [5.74, 6) is -1.57. The van der Waals surface area contributed by atoms with E-state index < -0.39 is 21.3 Å². The van der Waals surface area contributed by atoms with Crippen molar-refractivity contribution >= 4 is 58.0 Å². The minimum Gasteiger partial charge on any atom is -0.291 e. The molecule has 0 N–H and O–H groups in total. The number of hydrogen-bond donors (Lipinski definition) is 0. The first kappa shape index (κ1) is 12.0. The van der Waals surface area contributed by atoms with Crippen LogP contribution in [0.4, 0.5) is 0 Å². The number of carbonyl (C=O) groups excluding carboxylic acids is 2. The Morgan fingerprint density at radius 2 is 1.29 bits per heavy atom. The van der Waals surface area contributed by atoms with Crippen LogP contribution in [0.5, 0.6) is 0 Å². The van der Waals surface area contributed by atoms with Gasteiger partial charge in [-0.3, -0.25) is 9.59 Å². The van der Waals surface area contributed by atoms with Gasteiger partial charge in [0.2, 0.25) is 0 Å². The lowest BCUT2D eigenvalue weighted by molar-refractivity contribution is -0.124. The molecule has 0 aliphatic heterocycles. The molecule has 3 aliphatic rings. The number of halogens is 4. The van der Waals surface area contributed by atoms with Gasteiger partial charge in [-0.15, -0.1) is 23.2 Å². The Morgan fingerprint density at radius 3 is 1.65 bits per heavy atom. The summed E-state index contributed by atoms with van der Waals surface area (Å²) in [5.41, 5.74) is 0. The van der Waals surface area contributed by atoms with Crippen molar-refractivity contribution in [3.05, 3.63) is 22.2 Å². The molecule has 0 bridgehead atoms. The van der Waals surface area contributed by atoms with Gasteiger partial charge in [-0.2, -0.15) is 0 Å². The predicted octanol–water partition coefficient (Wildman–Crippen LogP) is 2.99. The third-order valence-corrected chi connectivity index (χ3v) is 6.04. The number of ketones is 2. The number of Topliss-reactive ketones (excluding diaryl/α,β-unsaturated/α-hetero) is 2. The summed E-state index contributed by atoms with van der Waals surface area (Å²) >= 11 is 24.4. The zero-order valence-electron chi connectivity index (χ0n) is 8.34. The summed E-state index contributed by atoms with van der Waals surface area (Å²) in [5, 5.41) is 0.110. The van der Waals surface area contributed by atoms with Gasteiger partial charge < -0.3 is 0 Å². The van der Waals surface area contributed by atoms with Gasteiger partial charge in [0.1, 0.15) is 9.75 Å². The Hall–Kier alpha value is -0.0200. The highest BCUT2D eigenvalue weighted by atomic mass is 35.5. The predicted molar refractivity (Wildman–Crippen MR) is 66.7 cm³/mol. The van der Waals surface area contributed by atoms with Crippen LogP contribution in [0.25, 0.3) is 0 Å². The number of rotatable bonds is 0. The van der Waals surface area contributed by atoms with E-state index in [0.29, 0.717) is 6.42 Å². The largest absolute Gasteiger partial charge is 0.291 e. The zero-order valence-corrected chi connectivity index (χ0v) is 11.4. The molecule has 0 amide bonds. The monoisotopic (exact) mass is 310 g/mol. The molecule has 0 heterocycles. The average molecular weight is 312 g/mol. The molecular weight excluding hydrogens is 306 g/mol. The molecule has 3 rings (SSSR count). The first-order valence-corrected chi connectivity index (χ1v) is 6.56. The van der Waals surface area contributed by atoms with Crippen molar-refractivity contribution in [2.75, 3.05) is 0 Å². The van der Waals surface area contributed by atoms with Gasteiger partial charge >= 0.3 is 0 Å². The Morgan fingerprint density at radius 1 is 0.941 bits per heavy atom. The van der Waals surface area contributed by atoms with Crippen molar-refractivity contribution in [1.82, 2.24) is 0 Å². The first-order chi connectivity index (χ1) is 7.83. The minimum atomic E-state index is -1.49. The molecule has 0 radical (unpaired) electrons. The van der Waals surface area contributed by atoms with Gasteiger partial charge in [0.05, 0.1) is 10.1 Å². The van der Waals surface area contributed by atoms with E-state index in [4.69, 9.17) is 46.4 Å². The van der Waals surface area contributed by atoms with Crippen molar-refractivity contribution in [1.29, 1.82) is 0 Å². The second-order valence-electron chi connectivity index (χ2n) is 4.56. The summed E-state index contributed by atoms with van der Waals surface area (Å²) in [6.45, 7) is 0. The summed E-state index contributed by atoms with van der Waals surface area (Å²) < 4.78 is 0. The molecule has 4 atom stereocenters. The van der Waals surface area contributed by atoms with E-state index in [-0.39, 0.29) is 21.9 Å². The van der Waals surface area contributed by atoms with Crippen molar-refractivity contribution in [2.45, 2.75) is 16.2 Å². The van der Waals surface area contributed by atoms with E-state index in [1.807, 2.05) is 0 Å². The van der Waals surface area contributed by atoms with E-state index >= 15 is 0 Å². The average Bonchev–Trinajstić information content (AvgIpc) is 2.71. The van der Waals surface area contributed by atoms with Crippen molar-refractivity contribution < 1.29 is 9.59 Å². The summed E-state index contributed by atoms with van der Waals surface area (Å²) in [6.07, 6.45) is 3.69. The van der Waals surface area contributed by atoms with Gasteiger partial charge in [0.15, 0.2) is 11.6 Å². The molecule has 0 aromatic heterocycles. The first-order valence-electron chi connectivity index (χ1n) is 5.05. The molecule has 0 unspecified atom stereocenters. The van der Waals surface area contributed by atoms with Crippen LogP contribution in [0.1, 0.15) is 6.42 Å². The van der Waals surface area contributed by atoms with Gasteiger partial charge in [-0.25, -0.2) is 0 Å². The van der Waals surface area contributed by atoms with E-state index in [1.165, 1.54) is 0 Å². The normalized spacial score (nSPS) is 48.0. The number of hydrogen-bond acceptors (Lipinski definition) is 2. The Labute approximate surface area is 118 Å². The van der Waals surface area contributed by atoms with Crippen LogP contribution < -0.4 is 0 Å². The lowest BCUT2D eigenvalue weighted by Crippen LogP contribution is -2.54. The molecule has 3 aliphatic carbocycles. The molecule has 17 heavy (non-hydrogen) atoms. The fourth-order valence-corrected chi connectivity index (χ4v) is 4.68. The van der Waals surface area contributed by atoms with Crippen molar-refractivity contribution in [3.63, 3.8) is 0 Å². The van der Waals surface area contributed by atoms with Crippen LogP contribution in [-0.4, -0.2) is 21.3 Å². The minimum absolute atomic E-state index is 0.0549. The number of alkyl halides is 2. The highest BCUT2D eigenvalue weighted by Crippen LogP contribution is 2.64. The Bertz CT molecular complexity index is 478. The van der Waals surface area contributed by atoms with E-state index in [1.54, 1.807) is 12.2 Å². The topological polar surface area (TPSA) is 34.1 Å². The number of carbonyl (C=O) groups is 2. The molecule has 0 saturated heterocycles. The Kier molecular flexibility index (Phi) is 2.33. The highest BCUT2D eigenvalue weighted by molar-refractivity contribution is 6.61. The van der Waals surface area contributed by atoms with Crippen LogP contribution >= 0.6 is 46.4 Å². The number of fused-ring (bicyclic) bond motifs is 3. The van der Waals surface area contributed by atoms with Gasteiger partial charge in [-0.05, 0) is 6.42 Å². The lowest BCUT2D eigenvalue weighted by atomic mass is 9.85. The zero-order chi connectivity index (χ0) is 12.6. The molecule has 2 nitrogen and oxygen atoms in total. The quantitative estimate of drug-likeness (QED) is 0.645. The van der Waals surface area contributed by atoms with Crippen LogP contribution in [0, 0.1) is 11.8 Å². The molecular formula is C11H6Cl4O2. The maximum atomic E-state index is 12.1. The van der Waals surface area contributed by atoms with Crippen LogP contribution in [0.3, 0.4) is 0 Å². The third-order valence-electron chi connectivity index (χ3n) is 3.85. The Balaban J connectivity index is 2.19. The molecule has 90 valence electrons. The lowest BCUT2D eigenvalue weighted by Gasteiger charge is -2.33. The summed E-state index contributed by atoms with van der Waals surface area (Å²) in [4.78, 5) is 21.2. The summed E-state index contributed by atoms with van der Waals surface area (Å²) in [7, 11) is 0. The van der Waals surface area contributed by atoms with E-state index in [2.05, 4.69) is 0 Å². The fraction of sp³-hybridized carbons (Fsp3) is 0.455. The third kappa shape index (κ3) is 1.11. The maximum Gasteiger partial charge on any atom is 0.197 e. The highest BCUT2D eigenvalue weighted by Gasteiger charge is 2.74. The van der Waals surface area contributed by atoms with Gasteiger partial charge in [0.25, 0.3) is 0 Å². The van der Waals surface area contributed by atoms with Crippen molar-refractivity contribution in [2.24, 2.45) is 11.8 Å². The second-order valence-corrected chi connectivity index (χ2v) is 6.57. The SMILES string of the molecule is O=C1C(Cl)=C[C@H]2C[C@H]3C=C(Cl)C(=O)[C@@]3(Cl)[C@@]12Cl. The van der Waals surface area contributed by atoms with Crippen LogP contribution in [0.15, 0.2) is 22.2 Å². The molecule has 0 spiro atoms. The van der Waals surface area contributed by atoms with Crippen molar-refractivity contribution in [3.8, 4) is 0 Å².